The fourth-order valence-corrected chi connectivity index (χ4v) is 4.01. The van der Waals surface area contributed by atoms with Crippen molar-refractivity contribution in [2.45, 2.75) is 26.2 Å². The summed E-state index contributed by atoms with van der Waals surface area (Å²) in [4.78, 5) is 39.3. The topological polar surface area (TPSA) is 85.0 Å². The Morgan fingerprint density at radius 3 is 2.06 bits per heavy atom. The molecule has 0 unspecified atom stereocenters. The van der Waals surface area contributed by atoms with E-state index >= 15 is 0 Å². The van der Waals surface area contributed by atoms with Crippen LogP contribution in [0.1, 0.15) is 24.8 Å². The van der Waals surface area contributed by atoms with Crippen LogP contribution in [0.2, 0.25) is 5.02 Å². The summed E-state index contributed by atoms with van der Waals surface area (Å²) in [5, 5.41) is 9.01. The van der Waals surface area contributed by atoms with Crippen LogP contribution in [0.4, 0.5) is 26.7 Å². The summed E-state index contributed by atoms with van der Waals surface area (Å²) >= 11 is 5.88. The van der Waals surface area contributed by atoms with E-state index in [-0.39, 0.29) is 18.0 Å². The van der Waals surface area contributed by atoms with Gasteiger partial charge < -0.3 is 15.5 Å². The Bertz CT molecular complexity index is 1010. The summed E-state index contributed by atoms with van der Waals surface area (Å²) in [5.41, 5.74) is 2.99. The van der Waals surface area contributed by atoms with Crippen molar-refractivity contribution in [2.75, 3.05) is 35.2 Å². The largest absolute Gasteiger partial charge is 0.340 e. The predicted molar refractivity (Wildman–Crippen MR) is 120 cm³/mol. The Balaban J connectivity index is 1.41. The first-order valence-corrected chi connectivity index (χ1v) is 10.6. The summed E-state index contributed by atoms with van der Waals surface area (Å²) < 4.78 is 0. The van der Waals surface area contributed by atoms with Crippen LogP contribution in [0, 0.1) is 6.92 Å². The van der Waals surface area contributed by atoms with Crippen molar-refractivity contribution in [1.82, 2.24) is 10.0 Å². The molecule has 0 radical (unpaired) electrons. The van der Waals surface area contributed by atoms with Gasteiger partial charge in [-0.15, -0.1) is 0 Å². The number of carbonyl (C=O) groups is 3. The van der Waals surface area contributed by atoms with Crippen molar-refractivity contribution in [1.29, 1.82) is 0 Å². The summed E-state index contributed by atoms with van der Waals surface area (Å²) in [6.07, 6.45) is 2.12. The van der Waals surface area contributed by atoms with Crippen LogP contribution in [-0.4, -0.2) is 47.6 Å². The highest BCUT2D eigenvalue weighted by molar-refractivity contribution is 6.30. The quantitative estimate of drug-likeness (QED) is 0.737. The van der Waals surface area contributed by atoms with E-state index in [2.05, 4.69) is 10.6 Å². The maximum atomic E-state index is 12.8. The molecule has 5 amide bonds. The van der Waals surface area contributed by atoms with Gasteiger partial charge in [0.15, 0.2) is 0 Å². The Labute approximate surface area is 185 Å². The van der Waals surface area contributed by atoms with Gasteiger partial charge in [-0.1, -0.05) is 11.6 Å². The van der Waals surface area contributed by atoms with Gasteiger partial charge in [0, 0.05) is 48.1 Å². The number of hydrazine groups is 1. The number of anilines is 3. The number of rotatable bonds is 3. The molecule has 0 aliphatic carbocycles. The third kappa shape index (κ3) is 4.59. The number of hydrogen-bond donors (Lipinski definition) is 2. The normalized spacial score (nSPS) is 16.1. The molecule has 0 spiro atoms. The van der Waals surface area contributed by atoms with E-state index in [1.165, 1.54) is 10.0 Å². The van der Waals surface area contributed by atoms with Crippen molar-refractivity contribution < 1.29 is 14.4 Å². The van der Waals surface area contributed by atoms with Gasteiger partial charge in [-0.2, -0.15) is 0 Å². The molecule has 0 saturated carbocycles. The smallest absolute Gasteiger partial charge is 0.312 e. The lowest BCUT2D eigenvalue weighted by Crippen LogP contribution is -2.48. The third-order valence-electron chi connectivity index (χ3n) is 5.41. The summed E-state index contributed by atoms with van der Waals surface area (Å²) in [6.45, 7) is 3.52. The number of benzene rings is 2. The molecule has 0 aromatic heterocycles. The lowest BCUT2D eigenvalue weighted by Gasteiger charge is -2.28. The second kappa shape index (κ2) is 8.85. The van der Waals surface area contributed by atoms with E-state index < -0.39 is 0 Å². The lowest BCUT2D eigenvalue weighted by molar-refractivity contribution is -0.117. The monoisotopic (exact) mass is 441 g/mol. The maximum Gasteiger partial charge on any atom is 0.340 e. The Morgan fingerprint density at radius 2 is 1.48 bits per heavy atom. The van der Waals surface area contributed by atoms with Crippen LogP contribution >= 0.6 is 11.6 Å². The minimum absolute atomic E-state index is 0.124. The van der Waals surface area contributed by atoms with Crippen molar-refractivity contribution in [3.05, 3.63) is 53.1 Å². The second-order valence-corrected chi connectivity index (χ2v) is 8.05. The van der Waals surface area contributed by atoms with E-state index in [4.69, 9.17) is 11.6 Å². The zero-order valence-corrected chi connectivity index (χ0v) is 18.0. The van der Waals surface area contributed by atoms with Gasteiger partial charge in [-0.3, -0.25) is 4.79 Å². The average Bonchev–Trinajstić information content (AvgIpc) is 3.39. The molecule has 9 heteroatoms. The molecule has 2 aliphatic rings. The first-order chi connectivity index (χ1) is 14.9. The van der Waals surface area contributed by atoms with E-state index in [0.717, 1.165) is 24.2 Å². The number of nitrogens with one attached hydrogen (secondary N) is 2. The predicted octanol–water partition coefficient (Wildman–Crippen LogP) is 4.46. The van der Waals surface area contributed by atoms with Crippen LogP contribution < -0.4 is 15.5 Å². The summed E-state index contributed by atoms with van der Waals surface area (Å²) in [5.74, 6) is 0.124. The van der Waals surface area contributed by atoms with Crippen LogP contribution in [0.5, 0.6) is 0 Å². The van der Waals surface area contributed by atoms with Gasteiger partial charge in [0.05, 0.1) is 0 Å². The molecular weight excluding hydrogens is 418 g/mol. The van der Waals surface area contributed by atoms with Crippen LogP contribution in [0.3, 0.4) is 0 Å². The Hall–Kier alpha value is -3.26. The van der Waals surface area contributed by atoms with E-state index in [1.807, 2.05) is 19.1 Å². The zero-order chi connectivity index (χ0) is 22.0. The molecule has 0 atom stereocenters. The molecule has 2 N–H and O–H groups in total. The number of halogens is 1. The molecule has 31 heavy (non-hydrogen) atoms. The van der Waals surface area contributed by atoms with E-state index in [1.54, 1.807) is 35.2 Å². The second-order valence-electron chi connectivity index (χ2n) is 7.62. The highest BCUT2D eigenvalue weighted by Gasteiger charge is 2.31. The lowest BCUT2D eigenvalue weighted by atomic mass is 10.1. The van der Waals surface area contributed by atoms with Gasteiger partial charge >= 0.3 is 12.1 Å². The molecule has 4 rings (SSSR count). The average molecular weight is 442 g/mol. The Morgan fingerprint density at radius 1 is 0.871 bits per heavy atom. The molecular formula is C22H24ClN5O3. The molecule has 2 fully saturated rings. The maximum absolute atomic E-state index is 12.8. The summed E-state index contributed by atoms with van der Waals surface area (Å²) in [7, 11) is 0. The number of amides is 5. The minimum atomic E-state index is -0.381. The molecule has 2 aromatic carbocycles. The highest BCUT2D eigenvalue weighted by atomic mass is 35.5. The summed E-state index contributed by atoms with van der Waals surface area (Å²) in [6, 6.07) is 11.5. The minimum Gasteiger partial charge on any atom is -0.312 e. The van der Waals surface area contributed by atoms with Gasteiger partial charge in [0.25, 0.3) is 0 Å². The fraction of sp³-hybridized carbons (Fsp3) is 0.318. The molecule has 0 bridgehead atoms. The van der Waals surface area contributed by atoms with Gasteiger partial charge in [-0.05, 0) is 67.8 Å². The Kier molecular flexibility index (Phi) is 5.99. The standard InChI is InChI=1S/C22H24ClN5O3/c1-15-14-18(9-10-19(15)26-11-2-4-20(26)29)25-22(31)28-13-3-12-27(28)21(30)24-17-7-5-16(23)6-8-17/h5-10,14H,2-4,11-13H2,1H3,(H,24,30)(H,25,31). The SMILES string of the molecule is Cc1cc(NC(=O)N2CCCN2C(=O)Nc2ccc(Cl)cc2)ccc1N1CCCC1=O. The van der Waals surface area contributed by atoms with Crippen molar-refractivity contribution in [3.8, 4) is 0 Å². The van der Waals surface area contributed by atoms with Crippen molar-refractivity contribution in [3.63, 3.8) is 0 Å². The number of urea groups is 2. The molecule has 2 heterocycles. The van der Waals surface area contributed by atoms with Gasteiger partial charge in [0.1, 0.15) is 0 Å². The molecule has 162 valence electrons. The highest BCUT2D eigenvalue weighted by Crippen LogP contribution is 2.28. The zero-order valence-electron chi connectivity index (χ0n) is 17.2. The first-order valence-electron chi connectivity index (χ1n) is 10.3. The van der Waals surface area contributed by atoms with Crippen LogP contribution in [0.25, 0.3) is 0 Å². The number of carbonyl (C=O) groups excluding carboxylic acids is 3. The van der Waals surface area contributed by atoms with Crippen molar-refractivity contribution >= 4 is 46.6 Å². The molecule has 2 aliphatic heterocycles. The van der Waals surface area contributed by atoms with Gasteiger partial charge in [-0.25, -0.2) is 19.6 Å². The number of aryl methyl sites for hydroxylation is 1. The first kappa shape index (κ1) is 21.0. The molecule has 2 aromatic rings. The van der Waals surface area contributed by atoms with E-state index in [0.29, 0.717) is 42.3 Å². The number of nitrogens with zero attached hydrogens (tertiary/aromatic N) is 3. The number of hydrogen-bond acceptors (Lipinski definition) is 3. The third-order valence-corrected chi connectivity index (χ3v) is 5.66. The van der Waals surface area contributed by atoms with Gasteiger partial charge in [0.2, 0.25) is 5.91 Å². The van der Waals surface area contributed by atoms with Crippen LogP contribution in [0.15, 0.2) is 42.5 Å². The molecule has 2 saturated heterocycles. The van der Waals surface area contributed by atoms with Crippen LogP contribution in [-0.2, 0) is 4.79 Å². The van der Waals surface area contributed by atoms with Crippen molar-refractivity contribution in [2.24, 2.45) is 0 Å². The fourth-order valence-electron chi connectivity index (χ4n) is 3.88. The molecule has 8 nitrogen and oxygen atoms in total. The van der Waals surface area contributed by atoms with E-state index in [9.17, 15) is 14.4 Å².